The quantitative estimate of drug-likeness (QED) is 0.442. The Bertz CT molecular complexity index is 497. The standard InChI is InChI=1S/C21H35NO4/c1-3-4-5-6-7-15-26-20-12-10-19(11-13-20)9-8-14-21(16-23,17-24)22-18(2)25/h10-13,23-24H,3-9,14-17H2,1-2H3,(H,22,25). The van der Waals surface area contributed by atoms with Crippen molar-refractivity contribution in [2.45, 2.75) is 70.8 Å². The first kappa shape index (κ1) is 22.5. The van der Waals surface area contributed by atoms with Crippen LogP contribution in [-0.2, 0) is 11.2 Å². The zero-order valence-corrected chi connectivity index (χ0v) is 16.3. The average Bonchev–Trinajstić information content (AvgIpc) is 2.64. The Morgan fingerprint density at radius 1 is 1.04 bits per heavy atom. The minimum Gasteiger partial charge on any atom is -0.494 e. The van der Waals surface area contributed by atoms with E-state index in [0.717, 1.165) is 31.6 Å². The second-order valence-corrected chi connectivity index (χ2v) is 7.04. The van der Waals surface area contributed by atoms with Gasteiger partial charge < -0.3 is 20.3 Å². The second-order valence-electron chi connectivity index (χ2n) is 7.04. The highest BCUT2D eigenvalue weighted by atomic mass is 16.5. The molecule has 0 atom stereocenters. The molecular weight excluding hydrogens is 330 g/mol. The molecule has 1 amide bonds. The highest BCUT2D eigenvalue weighted by Crippen LogP contribution is 2.18. The van der Waals surface area contributed by atoms with Crippen LogP contribution in [0.4, 0.5) is 0 Å². The Hall–Kier alpha value is -1.59. The Kier molecular flexibility index (Phi) is 11.0. The van der Waals surface area contributed by atoms with E-state index >= 15 is 0 Å². The number of ether oxygens (including phenoxy) is 1. The van der Waals surface area contributed by atoms with Gasteiger partial charge in [0.25, 0.3) is 0 Å². The van der Waals surface area contributed by atoms with Crippen LogP contribution in [-0.4, -0.2) is 41.5 Å². The minimum absolute atomic E-state index is 0.246. The Morgan fingerprint density at radius 3 is 2.27 bits per heavy atom. The van der Waals surface area contributed by atoms with Gasteiger partial charge >= 0.3 is 0 Å². The number of unbranched alkanes of at least 4 members (excludes halogenated alkanes) is 4. The number of carbonyl (C=O) groups excluding carboxylic acids is 1. The van der Waals surface area contributed by atoms with Crippen LogP contribution in [0.1, 0.15) is 64.4 Å². The Balaban J connectivity index is 2.34. The van der Waals surface area contributed by atoms with E-state index in [1.165, 1.54) is 38.2 Å². The van der Waals surface area contributed by atoms with Gasteiger partial charge in [-0.25, -0.2) is 0 Å². The van der Waals surface area contributed by atoms with Crippen molar-refractivity contribution in [1.82, 2.24) is 5.32 Å². The Morgan fingerprint density at radius 2 is 1.69 bits per heavy atom. The highest BCUT2D eigenvalue weighted by Gasteiger charge is 2.28. The summed E-state index contributed by atoms with van der Waals surface area (Å²) in [5.74, 6) is 0.645. The fourth-order valence-corrected chi connectivity index (χ4v) is 3.00. The zero-order valence-electron chi connectivity index (χ0n) is 16.3. The summed E-state index contributed by atoms with van der Waals surface area (Å²) in [6.45, 7) is 3.83. The number of rotatable bonds is 14. The molecule has 3 N–H and O–H groups in total. The molecule has 0 fully saturated rings. The smallest absolute Gasteiger partial charge is 0.217 e. The molecule has 0 bridgehead atoms. The van der Waals surface area contributed by atoms with E-state index in [1.54, 1.807) is 0 Å². The van der Waals surface area contributed by atoms with Crippen LogP contribution in [0, 0.1) is 0 Å². The number of aliphatic hydroxyl groups is 2. The van der Waals surface area contributed by atoms with E-state index in [1.807, 2.05) is 24.3 Å². The van der Waals surface area contributed by atoms with Crippen molar-refractivity contribution in [2.75, 3.05) is 19.8 Å². The van der Waals surface area contributed by atoms with Crippen LogP contribution < -0.4 is 10.1 Å². The molecule has 0 saturated heterocycles. The second kappa shape index (κ2) is 12.7. The topological polar surface area (TPSA) is 78.8 Å². The van der Waals surface area contributed by atoms with Gasteiger partial charge in [0.05, 0.1) is 25.4 Å². The van der Waals surface area contributed by atoms with Crippen molar-refractivity contribution in [1.29, 1.82) is 0 Å². The maximum absolute atomic E-state index is 11.3. The molecule has 0 saturated carbocycles. The summed E-state index contributed by atoms with van der Waals surface area (Å²) < 4.78 is 5.76. The number of aliphatic hydroxyl groups excluding tert-OH is 2. The van der Waals surface area contributed by atoms with Crippen molar-refractivity contribution >= 4 is 5.91 Å². The van der Waals surface area contributed by atoms with Crippen molar-refractivity contribution < 1.29 is 19.7 Å². The molecular formula is C21H35NO4. The molecule has 1 aromatic carbocycles. The number of nitrogens with one attached hydrogen (secondary N) is 1. The van der Waals surface area contributed by atoms with Crippen molar-refractivity contribution in [3.8, 4) is 5.75 Å². The van der Waals surface area contributed by atoms with E-state index in [0.29, 0.717) is 6.42 Å². The molecule has 0 spiro atoms. The lowest BCUT2D eigenvalue weighted by Crippen LogP contribution is -2.53. The maximum atomic E-state index is 11.3. The maximum Gasteiger partial charge on any atom is 0.217 e. The predicted octanol–water partition coefficient (Wildman–Crippen LogP) is 3.22. The van der Waals surface area contributed by atoms with Crippen LogP contribution in [0.3, 0.4) is 0 Å². The number of benzene rings is 1. The van der Waals surface area contributed by atoms with Gasteiger partial charge in [-0.05, 0) is 43.4 Å². The third kappa shape index (κ3) is 8.68. The largest absolute Gasteiger partial charge is 0.494 e. The molecule has 0 aliphatic rings. The summed E-state index contributed by atoms with van der Waals surface area (Å²) in [5.41, 5.74) is 0.236. The van der Waals surface area contributed by atoms with Gasteiger partial charge in [0.15, 0.2) is 0 Å². The molecule has 0 heterocycles. The van der Waals surface area contributed by atoms with Gasteiger partial charge in [0.1, 0.15) is 5.75 Å². The molecule has 0 aliphatic carbocycles. The van der Waals surface area contributed by atoms with Crippen molar-refractivity contribution in [3.63, 3.8) is 0 Å². The first-order valence-corrected chi connectivity index (χ1v) is 9.77. The van der Waals surface area contributed by atoms with Gasteiger partial charge in [-0.1, -0.05) is 44.7 Å². The van der Waals surface area contributed by atoms with Gasteiger partial charge in [-0.3, -0.25) is 4.79 Å². The van der Waals surface area contributed by atoms with Crippen molar-refractivity contribution in [2.24, 2.45) is 0 Å². The summed E-state index contributed by atoms with van der Waals surface area (Å²) in [6, 6.07) is 8.07. The van der Waals surface area contributed by atoms with E-state index < -0.39 is 5.54 Å². The van der Waals surface area contributed by atoms with Gasteiger partial charge in [-0.2, -0.15) is 0 Å². The summed E-state index contributed by atoms with van der Waals surface area (Å²) in [6.07, 6.45) is 8.25. The van der Waals surface area contributed by atoms with E-state index in [2.05, 4.69) is 12.2 Å². The molecule has 1 rings (SSSR count). The molecule has 0 unspecified atom stereocenters. The highest BCUT2D eigenvalue weighted by molar-refractivity contribution is 5.73. The number of carbonyl (C=O) groups is 1. The first-order chi connectivity index (χ1) is 12.5. The fraction of sp³-hybridized carbons (Fsp3) is 0.667. The van der Waals surface area contributed by atoms with Crippen LogP contribution in [0.15, 0.2) is 24.3 Å². The first-order valence-electron chi connectivity index (χ1n) is 9.77. The third-order valence-corrected chi connectivity index (χ3v) is 4.61. The van der Waals surface area contributed by atoms with Crippen LogP contribution in [0.25, 0.3) is 0 Å². The lowest BCUT2D eigenvalue weighted by molar-refractivity contribution is -0.122. The van der Waals surface area contributed by atoms with Crippen LogP contribution >= 0.6 is 0 Å². The lowest BCUT2D eigenvalue weighted by Gasteiger charge is -2.30. The summed E-state index contributed by atoms with van der Waals surface area (Å²) in [7, 11) is 0. The summed E-state index contributed by atoms with van der Waals surface area (Å²) in [5, 5.41) is 21.7. The van der Waals surface area contributed by atoms with E-state index in [9.17, 15) is 15.0 Å². The average molecular weight is 366 g/mol. The SMILES string of the molecule is CCCCCCCOc1ccc(CCCC(CO)(CO)NC(C)=O)cc1. The minimum atomic E-state index is -0.938. The monoisotopic (exact) mass is 365 g/mol. The molecule has 1 aromatic rings. The number of hydrogen-bond acceptors (Lipinski definition) is 4. The predicted molar refractivity (Wildman–Crippen MR) is 104 cm³/mol. The van der Waals surface area contributed by atoms with Gasteiger partial charge in [-0.15, -0.1) is 0 Å². The molecule has 5 heteroatoms. The van der Waals surface area contributed by atoms with Gasteiger partial charge in [0, 0.05) is 6.92 Å². The summed E-state index contributed by atoms with van der Waals surface area (Å²) >= 11 is 0. The molecule has 0 aliphatic heterocycles. The third-order valence-electron chi connectivity index (χ3n) is 4.61. The molecule has 26 heavy (non-hydrogen) atoms. The number of hydrogen-bond donors (Lipinski definition) is 3. The van der Waals surface area contributed by atoms with E-state index in [-0.39, 0.29) is 19.1 Å². The van der Waals surface area contributed by atoms with Crippen molar-refractivity contribution in [3.05, 3.63) is 29.8 Å². The Labute approximate surface area is 157 Å². The van der Waals surface area contributed by atoms with E-state index in [4.69, 9.17) is 4.74 Å². The van der Waals surface area contributed by atoms with Crippen LogP contribution in [0.5, 0.6) is 5.75 Å². The number of amides is 1. The molecule has 0 radical (unpaired) electrons. The fourth-order valence-electron chi connectivity index (χ4n) is 3.00. The van der Waals surface area contributed by atoms with Crippen LogP contribution in [0.2, 0.25) is 0 Å². The zero-order chi connectivity index (χ0) is 19.3. The lowest BCUT2D eigenvalue weighted by atomic mass is 9.93. The molecule has 148 valence electrons. The van der Waals surface area contributed by atoms with Gasteiger partial charge in [0.2, 0.25) is 5.91 Å². The normalized spacial score (nSPS) is 11.4. The summed E-state index contributed by atoms with van der Waals surface area (Å²) in [4.78, 5) is 11.3. The molecule has 5 nitrogen and oxygen atoms in total. The number of aryl methyl sites for hydroxylation is 1. The molecule has 0 aromatic heterocycles.